The molecule has 98 valence electrons. The Morgan fingerprint density at radius 3 is 3.00 bits per heavy atom. The molecule has 1 fully saturated rings. The van der Waals surface area contributed by atoms with Crippen LogP contribution in [0.1, 0.15) is 30.1 Å². The summed E-state index contributed by atoms with van der Waals surface area (Å²) < 4.78 is 13.7. The second-order valence-corrected chi connectivity index (χ2v) is 4.80. The molecule has 1 heterocycles. The molecule has 18 heavy (non-hydrogen) atoms. The number of carbonyl (C=O) groups is 1. The summed E-state index contributed by atoms with van der Waals surface area (Å²) >= 11 is 0. The normalized spacial score (nSPS) is 19.3. The maximum atomic E-state index is 13.7. The quantitative estimate of drug-likeness (QED) is 0.834. The fraction of sp³-hybridized carbons (Fsp3) is 0.500. The lowest BCUT2D eigenvalue weighted by Crippen LogP contribution is -2.22. The Hall–Kier alpha value is -1.42. The molecule has 1 saturated heterocycles. The van der Waals surface area contributed by atoms with Crippen LogP contribution >= 0.6 is 0 Å². The third-order valence-corrected chi connectivity index (χ3v) is 3.51. The number of Topliss-reactive ketones (excluding diaryl/α,β-unsaturated/α-hetero) is 1. The average molecular weight is 251 g/mol. The SMILES string of the molecule is CC(=O)c1c(F)cccc1N1CCC(CCO)C1. The molecule has 0 saturated carbocycles. The highest BCUT2D eigenvalue weighted by Gasteiger charge is 2.25. The van der Waals surface area contributed by atoms with E-state index in [1.165, 1.54) is 13.0 Å². The minimum Gasteiger partial charge on any atom is -0.396 e. The van der Waals surface area contributed by atoms with E-state index in [-0.39, 0.29) is 18.0 Å². The highest BCUT2D eigenvalue weighted by molar-refractivity contribution is 6.00. The van der Waals surface area contributed by atoms with E-state index in [0.29, 0.717) is 11.6 Å². The molecular formula is C14H18FNO2. The van der Waals surface area contributed by atoms with Gasteiger partial charge in [0.1, 0.15) is 5.82 Å². The number of nitrogens with zero attached hydrogens (tertiary/aromatic N) is 1. The standard InChI is InChI=1S/C14H18FNO2/c1-10(18)14-12(15)3-2-4-13(14)16-7-5-11(9-16)6-8-17/h2-4,11,17H,5-9H2,1H3. The van der Waals surface area contributed by atoms with E-state index < -0.39 is 5.82 Å². The first-order chi connectivity index (χ1) is 8.63. The zero-order valence-electron chi connectivity index (χ0n) is 10.5. The lowest BCUT2D eigenvalue weighted by molar-refractivity contribution is 0.101. The van der Waals surface area contributed by atoms with Gasteiger partial charge >= 0.3 is 0 Å². The van der Waals surface area contributed by atoms with E-state index in [1.807, 2.05) is 4.90 Å². The predicted octanol–water partition coefficient (Wildman–Crippen LogP) is 2.24. The van der Waals surface area contributed by atoms with E-state index in [1.54, 1.807) is 12.1 Å². The van der Waals surface area contributed by atoms with Gasteiger partial charge in [0.15, 0.2) is 5.78 Å². The number of aliphatic hydroxyl groups excluding tert-OH is 1. The van der Waals surface area contributed by atoms with Crippen LogP contribution in [0.25, 0.3) is 0 Å². The van der Waals surface area contributed by atoms with E-state index in [2.05, 4.69) is 0 Å². The monoisotopic (exact) mass is 251 g/mol. The van der Waals surface area contributed by atoms with Gasteiger partial charge in [0.05, 0.1) is 11.3 Å². The fourth-order valence-electron chi connectivity index (χ4n) is 2.59. The van der Waals surface area contributed by atoms with Gasteiger partial charge in [0, 0.05) is 19.7 Å². The van der Waals surface area contributed by atoms with Crippen LogP contribution in [0.5, 0.6) is 0 Å². The second kappa shape index (κ2) is 5.48. The van der Waals surface area contributed by atoms with Crippen molar-refractivity contribution in [1.29, 1.82) is 0 Å². The van der Waals surface area contributed by atoms with Crippen LogP contribution in [0.4, 0.5) is 10.1 Å². The van der Waals surface area contributed by atoms with Crippen molar-refractivity contribution in [3.05, 3.63) is 29.6 Å². The molecule has 1 aliphatic rings. The molecule has 1 aliphatic heterocycles. The number of anilines is 1. The molecule has 0 aromatic heterocycles. The van der Waals surface area contributed by atoms with Crippen molar-refractivity contribution in [1.82, 2.24) is 0 Å². The van der Waals surface area contributed by atoms with Crippen molar-refractivity contribution in [2.75, 3.05) is 24.6 Å². The Kier molecular flexibility index (Phi) is 3.97. The van der Waals surface area contributed by atoms with Crippen molar-refractivity contribution in [2.45, 2.75) is 19.8 Å². The molecule has 0 amide bonds. The minimum atomic E-state index is -0.453. The van der Waals surface area contributed by atoms with Crippen molar-refractivity contribution < 1.29 is 14.3 Å². The highest BCUT2D eigenvalue weighted by Crippen LogP contribution is 2.30. The second-order valence-electron chi connectivity index (χ2n) is 4.80. The number of rotatable bonds is 4. The summed E-state index contributed by atoms with van der Waals surface area (Å²) in [4.78, 5) is 13.6. The summed E-state index contributed by atoms with van der Waals surface area (Å²) in [6.45, 7) is 3.17. The van der Waals surface area contributed by atoms with Gasteiger partial charge in [-0.3, -0.25) is 4.79 Å². The third kappa shape index (κ3) is 2.53. The molecule has 0 radical (unpaired) electrons. The smallest absolute Gasteiger partial charge is 0.164 e. The Morgan fingerprint density at radius 2 is 2.33 bits per heavy atom. The van der Waals surface area contributed by atoms with Crippen LogP contribution in [0.2, 0.25) is 0 Å². The van der Waals surface area contributed by atoms with E-state index >= 15 is 0 Å². The molecule has 0 spiro atoms. The van der Waals surface area contributed by atoms with Gasteiger partial charge in [-0.2, -0.15) is 0 Å². The van der Waals surface area contributed by atoms with Crippen LogP contribution in [-0.4, -0.2) is 30.6 Å². The maximum Gasteiger partial charge on any atom is 0.164 e. The fourth-order valence-corrected chi connectivity index (χ4v) is 2.59. The maximum absolute atomic E-state index is 13.7. The lowest BCUT2D eigenvalue weighted by atomic mass is 10.1. The molecule has 1 N–H and O–H groups in total. The largest absolute Gasteiger partial charge is 0.396 e. The molecule has 4 heteroatoms. The summed E-state index contributed by atoms with van der Waals surface area (Å²) in [5.41, 5.74) is 0.866. The van der Waals surface area contributed by atoms with Gasteiger partial charge in [0.25, 0.3) is 0 Å². The number of carbonyl (C=O) groups excluding carboxylic acids is 1. The third-order valence-electron chi connectivity index (χ3n) is 3.51. The number of halogens is 1. The first-order valence-electron chi connectivity index (χ1n) is 6.28. The van der Waals surface area contributed by atoms with Crippen molar-refractivity contribution in [3.63, 3.8) is 0 Å². The van der Waals surface area contributed by atoms with Gasteiger partial charge in [-0.25, -0.2) is 4.39 Å². The molecule has 3 nitrogen and oxygen atoms in total. The Balaban J connectivity index is 2.24. The number of aliphatic hydroxyl groups is 1. The lowest BCUT2D eigenvalue weighted by Gasteiger charge is -2.21. The van der Waals surface area contributed by atoms with Crippen LogP contribution in [0, 0.1) is 11.7 Å². The van der Waals surface area contributed by atoms with Crippen molar-refractivity contribution in [3.8, 4) is 0 Å². The number of hydrogen-bond donors (Lipinski definition) is 1. The van der Waals surface area contributed by atoms with Gasteiger partial charge in [-0.1, -0.05) is 6.07 Å². The molecule has 2 rings (SSSR count). The number of benzene rings is 1. The first kappa shape index (κ1) is 13.0. The Bertz CT molecular complexity index is 447. The number of hydrogen-bond acceptors (Lipinski definition) is 3. The molecular weight excluding hydrogens is 233 g/mol. The average Bonchev–Trinajstić information content (AvgIpc) is 2.77. The molecule has 0 aliphatic carbocycles. The topological polar surface area (TPSA) is 40.5 Å². The van der Waals surface area contributed by atoms with Crippen LogP contribution in [0.3, 0.4) is 0 Å². The van der Waals surface area contributed by atoms with E-state index in [0.717, 1.165) is 25.9 Å². The van der Waals surface area contributed by atoms with E-state index in [9.17, 15) is 9.18 Å². The molecule has 1 aromatic carbocycles. The highest BCUT2D eigenvalue weighted by atomic mass is 19.1. The summed E-state index contributed by atoms with van der Waals surface area (Å²) in [7, 11) is 0. The van der Waals surface area contributed by atoms with Crippen molar-refractivity contribution >= 4 is 11.5 Å². The van der Waals surface area contributed by atoms with Crippen LogP contribution in [-0.2, 0) is 0 Å². The van der Waals surface area contributed by atoms with Crippen LogP contribution in [0.15, 0.2) is 18.2 Å². The van der Waals surface area contributed by atoms with Crippen LogP contribution < -0.4 is 4.90 Å². The summed E-state index contributed by atoms with van der Waals surface area (Å²) in [5, 5.41) is 8.94. The molecule has 1 unspecified atom stereocenters. The number of ketones is 1. The first-order valence-corrected chi connectivity index (χ1v) is 6.28. The zero-order chi connectivity index (χ0) is 13.1. The minimum absolute atomic E-state index is 0.182. The summed E-state index contributed by atoms with van der Waals surface area (Å²) in [6, 6.07) is 4.75. The summed E-state index contributed by atoms with van der Waals surface area (Å²) in [6.07, 6.45) is 1.75. The van der Waals surface area contributed by atoms with Crippen molar-refractivity contribution in [2.24, 2.45) is 5.92 Å². The predicted molar refractivity (Wildman–Crippen MR) is 68.4 cm³/mol. The summed E-state index contributed by atoms with van der Waals surface area (Å²) in [5.74, 6) is -0.266. The van der Waals surface area contributed by atoms with Gasteiger partial charge < -0.3 is 10.0 Å². The van der Waals surface area contributed by atoms with Gasteiger partial charge in [-0.05, 0) is 37.8 Å². The zero-order valence-corrected chi connectivity index (χ0v) is 10.5. The molecule has 0 bridgehead atoms. The van der Waals surface area contributed by atoms with Gasteiger partial charge in [-0.15, -0.1) is 0 Å². The Morgan fingerprint density at radius 1 is 1.56 bits per heavy atom. The molecule has 1 atom stereocenters. The van der Waals surface area contributed by atoms with Gasteiger partial charge in [0.2, 0.25) is 0 Å². The Labute approximate surface area is 106 Å². The molecule has 1 aromatic rings. The van der Waals surface area contributed by atoms with E-state index in [4.69, 9.17) is 5.11 Å².